The van der Waals surface area contributed by atoms with Gasteiger partial charge in [-0.3, -0.25) is 14.7 Å². The van der Waals surface area contributed by atoms with E-state index in [1.54, 1.807) is 7.05 Å². The number of rotatable bonds is 9. The minimum Gasteiger partial charge on any atom is -0.379 e. The van der Waals surface area contributed by atoms with E-state index in [-0.39, 0.29) is 12.5 Å². The Hall–Kier alpha value is -1.34. The molecule has 1 aliphatic carbocycles. The molecule has 2 aliphatic rings. The van der Waals surface area contributed by atoms with E-state index in [9.17, 15) is 4.79 Å². The number of nitrogens with one attached hydrogen (secondary N) is 3. The molecule has 2 fully saturated rings. The van der Waals surface area contributed by atoms with Crippen molar-refractivity contribution in [3.8, 4) is 0 Å². The van der Waals surface area contributed by atoms with Crippen LogP contribution in [0.3, 0.4) is 0 Å². The number of carbonyl (C=O) groups is 1. The molecule has 28 heavy (non-hydrogen) atoms. The van der Waals surface area contributed by atoms with Gasteiger partial charge in [0.1, 0.15) is 0 Å². The second-order valence-corrected chi connectivity index (χ2v) is 8.00. The van der Waals surface area contributed by atoms with Gasteiger partial charge in [0.25, 0.3) is 0 Å². The average molecular weight is 396 g/mol. The Balaban J connectivity index is 1.79. The number of nitrogens with zero attached hydrogens (tertiary/aromatic N) is 2. The van der Waals surface area contributed by atoms with Crippen LogP contribution in [0, 0.1) is 5.92 Å². The van der Waals surface area contributed by atoms with Gasteiger partial charge in [-0.1, -0.05) is 46.0 Å². The summed E-state index contributed by atoms with van der Waals surface area (Å²) in [6.07, 6.45) is 8.28. The van der Waals surface area contributed by atoms with Crippen molar-refractivity contribution in [1.29, 1.82) is 0 Å². The minimum absolute atomic E-state index is 0.0552. The zero-order valence-corrected chi connectivity index (χ0v) is 18.1. The number of aliphatic imine (C=N–C) groups is 1. The highest BCUT2D eigenvalue weighted by atomic mass is 16.5. The van der Waals surface area contributed by atoms with Crippen LogP contribution >= 0.6 is 0 Å². The van der Waals surface area contributed by atoms with Crippen LogP contribution in [0.25, 0.3) is 0 Å². The van der Waals surface area contributed by atoms with Gasteiger partial charge in [-0.15, -0.1) is 0 Å². The van der Waals surface area contributed by atoms with Gasteiger partial charge in [0, 0.05) is 38.8 Å². The summed E-state index contributed by atoms with van der Waals surface area (Å²) in [5, 5.41) is 9.77. The van der Waals surface area contributed by atoms with Crippen molar-refractivity contribution in [2.45, 2.75) is 70.9 Å². The summed E-state index contributed by atoms with van der Waals surface area (Å²) in [4.78, 5) is 19.1. The predicted octanol–water partition coefficient (Wildman–Crippen LogP) is 1.74. The predicted molar refractivity (Wildman–Crippen MR) is 115 cm³/mol. The molecule has 0 bridgehead atoms. The maximum atomic E-state index is 12.2. The van der Waals surface area contributed by atoms with E-state index in [0.29, 0.717) is 24.0 Å². The molecule has 162 valence electrons. The molecule has 0 aromatic heterocycles. The fraction of sp³-hybridized carbons (Fsp3) is 0.905. The molecule has 1 heterocycles. The lowest BCUT2D eigenvalue weighted by molar-refractivity contribution is -0.120. The number of hydrogen-bond acceptors (Lipinski definition) is 4. The Bertz CT molecular complexity index is 469. The molecule has 1 unspecified atom stereocenters. The van der Waals surface area contributed by atoms with E-state index in [4.69, 9.17) is 4.74 Å². The van der Waals surface area contributed by atoms with E-state index < -0.39 is 0 Å². The summed E-state index contributed by atoms with van der Waals surface area (Å²) < 4.78 is 5.53. The average Bonchev–Trinajstić information content (AvgIpc) is 2.74. The molecular formula is C21H41N5O2. The molecule has 7 heteroatoms. The number of morpholine rings is 1. The van der Waals surface area contributed by atoms with Crippen LogP contribution in [0.1, 0.15) is 58.8 Å². The molecule has 1 atom stereocenters. The van der Waals surface area contributed by atoms with Crippen LogP contribution in [0.5, 0.6) is 0 Å². The first-order chi connectivity index (χ1) is 13.7. The Kier molecular flexibility index (Phi) is 10.6. The molecule has 1 saturated heterocycles. The first kappa shape index (κ1) is 22.9. The van der Waals surface area contributed by atoms with Gasteiger partial charge >= 0.3 is 0 Å². The molecular weight excluding hydrogens is 354 g/mol. The molecule has 0 spiro atoms. The third kappa shape index (κ3) is 7.59. The fourth-order valence-corrected chi connectivity index (χ4v) is 4.45. The number of ether oxygens (including phenoxy) is 1. The van der Waals surface area contributed by atoms with E-state index in [0.717, 1.165) is 58.5 Å². The van der Waals surface area contributed by atoms with Crippen LogP contribution in [-0.2, 0) is 9.53 Å². The van der Waals surface area contributed by atoms with Crippen LogP contribution in [0.2, 0.25) is 0 Å². The maximum absolute atomic E-state index is 12.2. The monoisotopic (exact) mass is 395 g/mol. The van der Waals surface area contributed by atoms with E-state index in [1.165, 1.54) is 19.3 Å². The highest BCUT2D eigenvalue weighted by Crippen LogP contribution is 2.19. The van der Waals surface area contributed by atoms with Gasteiger partial charge in [-0.2, -0.15) is 0 Å². The minimum atomic E-state index is 0.0552. The lowest BCUT2D eigenvalue weighted by Gasteiger charge is -2.39. The third-order valence-electron chi connectivity index (χ3n) is 6.20. The number of guanidine groups is 1. The number of amides is 1. The van der Waals surface area contributed by atoms with Gasteiger partial charge < -0.3 is 20.7 Å². The summed E-state index contributed by atoms with van der Waals surface area (Å²) in [5.41, 5.74) is 0. The first-order valence-corrected chi connectivity index (χ1v) is 11.2. The van der Waals surface area contributed by atoms with Crippen LogP contribution in [0.4, 0.5) is 0 Å². The first-order valence-electron chi connectivity index (χ1n) is 11.2. The fourth-order valence-electron chi connectivity index (χ4n) is 4.45. The quantitative estimate of drug-likeness (QED) is 0.409. The van der Waals surface area contributed by atoms with Crippen molar-refractivity contribution >= 4 is 11.9 Å². The van der Waals surface area contributed by atoms with Crippen molar-refractivity contribution in [3.63, 3.8) is 0 Å². The normalized spacial score (nSPS) is 20.8. The number of hydrogen-bond donors (Lipinski definition) is 3. The molecule has 7 nitrogen and oxygen atoms in total. The topological polar surface area (TPSA) is 78.0 Å². The van der Waals surface area contributed by atoms with Gasteiger partial charge in [0.05, 0.1) is 19.8 Å². The molecule has 0 aromatic rings. The van der Waals surface area contributed by atoms with Crippen molar-refractivity contribution in [2.24, 2.45) is 10.9 Å². The molecule has 1 aliphatic heterocycles. The van der Waals surface area contributed by atoms with E-state index >= 15 is 0 Å². The maximum Gasteiger partial charge on any atom is 0.239 e. The van der Waals surface area contributed by atoms with Crippen LogP contribution in [-0.4, -0.2) is 75.3 Å². The third-order valence-corrected chi connectivity index (χ3v) is 6.20. The Morgan fingerprint density at radius 2 is 1.79 bits per heavy atom. The summed E-state index contributed by atoms with van der Waals surface area (Å²) >= 11 is 0. The van der Waals surface area contributed by atoms with Gasteiger partial charge in [0.2, 0.25) is 5.91 Å². The second-order valence-electron chi connectivity index (χ2n) is 8.00. The largest absolute Gasteiger partial charge is 0.379 e. The summed E-state index contributed by atoms with van der Waals surface area (Å²) in [6, 6.07) is 0.798. The Morgan fingerprint density at radius 3 is 2.39 bits per heavy atom. The smallest absolute Gasteiger partial charge is 0.239 e. The van der Waals surface area contributed by atoms with Crippen molar-refractivity contribution in [1.82, 2.24) is 20.9 Å². The zero-order chi connectivity index (χ0) is 20.2. The number of carbonyl (C=O) groups excluding carboxylic acids is 1. The van der Waals surface area contributed by atoms with Gasteiger partial charge in [-0.05, 0) is 18.8 Å². The highest BCUT2D eigenvalue weighted by Gasteiger charge is 2.27. The SMILES string of the molecule is CCC(CC)C(CNC(=NC)NCC(=O)NC1CCCCC1)N1CCOCC1. The zero-order valence-electron chi connectivity index (χ0n) is 18.1. The second kappa shape index (κ2) is 13.0. The Labute approximate surface area is 171 Å². The molecule has 2 rings (SSSR count). The van der Waals surface area contributed by atoms with E-state index in [2.05, 4.69) is 39.7 Å². The standard InChI is InChI=1S/C21H41N5O2/c1-4-17(5-2)19(26-11-13-28-14-12-26)15-23-21(22-3)24-16-20(27)25-18-9-7-6-8-10-18/h17-19H,4-16H2,1-3H3,(H,25,27)(H2,22,23,24). The van der Waals surface area contributed by atoms with E-state index in [1.807, 2.05) is 0 Å². The molecule has 1 amide bonds. The lowest BCUT2D eigenvalue weighted by atomic mass is 9.92. The molecule has 3 N–H and O–H groups in total. The molecule has 0 radical (unpaired) electrons. The lowest BCUT2D eigenvalue weighted by Crippen LogP contribution is -2.54. The summed E-state index contributed by atoms with van der Waals surface area (Å²) in [6.45, 7) is 9.22. The summed E-state index contributed by atoms with van der Waals surface area (Å²) in [5.74, 6) is 1.39. The summed E-state index contributed by atoms with van der Waals surface area (Å²) in [7, 11) is 1.76. The van der Waals surface area contributed by atoms with Gasteiger partial charge in [-0.25, -0.2) is 0 Å². The highest BCUT2D eigenvalue weighted by molar-refractivity contribution is 5.86. The van der Waals surface area contributed by atoms with Gasteiger partial charge in [0.15, 0.2) is 5.96 Å². The van der Waals surface area contributed by atoms with Crippen molar-refractivity contribution in [3.05, 3.63) is 0 Å². The van der Waals surface area contributed by atoms with Crippen LogP contribution < -0.4 is 16.0 Å². The van der Waals surface area contributed by atoms with Crippen molar-refractivity contribution in [2.75, 3.05) is 46.4 Å². The Morgan fingerprint density at radius 1 is 1.11 bits per heavy atom. The molecule has 1 saturated carbocycles. The van der Waals surface area contributed by atoms with Crippen molar-refractivity contribution < 1.29 is 9.53 Å². The van der Waals surface area contributed by atoms with Crippen LogP contribution in [0.15, 0.2) is 4.99 Å². The molecule has 0 aromatic carbocycles.